The molecule has 7 nitrogen and oxygen atoms in total. The Morgan fingerprint density at radius 3 is 2.63 bits per heavy atom. The van der Waals surface area contributed by atoms with Crippen LogP contribution >= 0.6 is 0 Å². The highest BCUT2D eigenvalue weighted by atomic mass is 16.5. The molecule has 4 aromatic rings. The van der Waals surface area contributed by atoms with E-state index in [1.54, 1.807) is 26.5 Å². The molecule has 0 aliphatic carbocycles. The van der Waals surface area contributed by atoms with Crippen molar-refractivity contribution in [3.05, 3.63) is 78.1 Å². The number of aromatic amines is 1. The number of nitrogens with zero attached hydrogens (tertiary/aromatic N) is 2. The summed E-state index contributed by atoms with van der Waals surface area (Å²) in [4.78, 5) is 22.5. The molecule has 0 aliphatic rings. The van der Waals surface area contributed by atoms with Gasteiger partial charge in [0.1, 0.15) is 5.65 Å². The number of pyridine rings is 1. The summed E-state index contributed by atoms with van der Waals surface area (Å²) in [5.74, 6) is 1.08. The predicted octanol–water partition coefficient (Wildman–Crippen LogP) is 5.20. The maximum absolute atomic E-state index is 12.7. The molecule has 4 rings (SSSR count). The van der Waals surface area contributed by atoms with Crippen LogP contribution in [0.15, 0.2) is 67.0 Å². The van der Waals surface area contributed by atoms with Crippen molar-refractivity contribution in [2.45, 2.75) is 13.0 Å². The van der Waals surface area contributed by atoms with Crippen molar-refractivity contribution in [1.82, 2.24) is 15.3 Å². The molecule has 35 heavy (non-hydrogen) atoms. The first-order valence-corrected chi connectivity index (χ1v) is 11.4. The average Bonchev–Trinajstić information content (AvgIpc) is 3.30. The van der Waals surface area contributed by atoms with E-state index in [1.165, 1.54) is 0 Å². The Balaban J connectivity index is 1.57. The zero-order valence-corrected chi connectivity index (χ0v) is 20.6. The summed E-state index contributed by atoms with van der Waals surface area (Å²) in [7, 11) is 7.23. The predicted molar refractivity (Wildman–Crippen MR) is 141 cm³/mol. The van der Waals surface area contributed by atoms with Gasteiger partial charge in [-0.25, -0.2) is 4.98 Å². The molecule has 1 amide bonds. The van der Waals surface area contributed by atoms with Gasteiger partial charge >= 0.3 is 0 Å². The van der Waals surface area contributed by atoms with Gasteiger partial charge in [-0.2, -0.15) is 0 Å². The third-order valence-corrected chi connectivity index (χ3v) is 5.96. The van der Waals surface area contributed by atoms with Crippen LogP contribution in [0.1, 0.15) is 24.1 Å². The Labute approximate surface area is 205 Å². The summed E-state index contributed by atoms with van der Waals surface area (Å²) in [5.41, 5.74) is 5.85. The number of H-pyrrole nitrogens is 1. The highest BCUT2D eigenvalue weighted by Crippen LogP contribution is 2.33. The summed E-state index contributed by atoms with van der Waals surface area (Å²) in [5, 5.41) is 3.98. The van der Waals surface area contributed by atoms with E-state index in [-0.39, 0.29) is 11.9 Å². The Morgan fingerprint density at radius 1 is 1.09 bits per heavy atom. The summed E-state index contributed by atoms with van der Waals surface area (Å²) in [6, 6.07) is 15.8. The van der Waals surface area contributed by atoms with Gasteiger partial charge in [-0.15, -0.1) is 0 Å². The first-order chi connectivity index (χ1) is 16.9. The number of hydrogen-bond donors (Lipinski definition) is 2. The Morgan fingerprint density at radius 2 is 1.89 bits per heavy atom. The van der Waals surface area contributed by atoms with Gasteiger partial charge in [0, 0.05) is 49.2 Å². The number of carbonyl (C=O) groups excluding carboxylic acids is 1. The van der Waals surface area contributed by atoms with E-state index in [2.05, 4.69) is 38.4 Å². The van der Waals surface area contributed by atoms with E-state index in [0.717, 1.165) is 39.0 Å². The van der Waals surface area contributed by atoms with Crippen LogP contribution in [0.25, 0.3) is 28.2 Å². The number of rotatable bonds is 8. The fourth-order valence-corrected chi connectivity index (χ4v) is 4.04. The van der Waals surface area contributed by atoms with Crippen molar-refractivity contribution in [2.24, 2.45) is 0 Å². The van der Waals surface area contributed by atoms with Gasteiger partial charge in [0.15, 0.2) is 11.5 Å². The van der Waals surface area contributed by atoms with Crippen LogP contribution in [0.3, 0.4) is 0 Å². The van der Waals surface area contributed by atoms with Crippen LogP contribution in [0.4, 0.5) is 5.69 Å². The lowest BCUT2D eigenvalue weighted by molar-refractivity contribution is -0.117. The number of anilines is 1. The number of aromatic nitrogens is 2. The highest BCUT2D eigenvalue weighted by molar-refractivity contribution is 6.02. The zero-order chi connectivity index (χ0) is 24.9. The van der Waals surface area contributed by atoms with Gasteiger partial charge in [-0.1, -0.05) is 18.2 Å². The van der Waals surface area contributed by atoms with Crippen LogP contribution in [-0.4, -0.2) is 44.2 Å². The lowest BCUT2D eigenvalue weighted by Gasteiger charge is -2.15. The molecule has 0 saturated heterocycles. The van der Waals surface area contributed by atoms with Crippen LogP contribution in [0, 0.1) is 0 Å². The number of methoxy groups -OCH3 is 2. The van der Waals surface area contributed by atoms with Gasteiger partial charge in [0.25, 0.3) is 0 Å². The number of nitrogens with one attached hydrogen (secondary N) is 2. The number of hydrogen-bond acceptors (Lipinski definition) is 5. The molecular formula is C28H30N4O3. The van der Waals surface area contributed by atoms with Crippen molar-refractivity contribution in [1.29, 1.82) is 0 Å². The second-order valence-corrected chi connectivity index (χ2v) is 8.45. The first kappa shape index (κ1) is 23.9. The molecule has 7 heteroatoms. The van der Waals surface area contributed by atoms with E-state index < -0.39 is 0 Å². The summed E-state index contributed by atoms with van der Waals surface area (Å²) >= 11 is 0. The smallest absolute Gasteiger partial charge is 0.244 e. The third kappa shape index (κ3) is 5.14. The Kier molecular flexibility index (Phi) is 7.06. The van der Waals surface area contributed by atoms with Crippen molar-refractivity contribution in [3.8, 4) is 22.6 Å². The molecule has 0 spiro atoms. The van der Waals surface area contributed by atoms with Crippen molar-refractivity contribution in [3.63, 3.8) is 0 Å². The number of ether oxygens (including phenoxy) is 2. The quantitative estimate of drug-likeness (QED) is 0.346. The highest BCUT2D eigenvalue weighted by Gasteiger charge is 2.13. The fraction of sp³-hybridized carbons (Fsp3) is 0.214. The van der Waals surface area contributed by atoms with Crippen molar-refractivity contribution < 1.29 is 14.3 Å². The topological polar surface area (TPSA) is 79.5 Å². The van der Waals surface area contributed by atoms with Crippen molar-refractivity contribution >= 4 is 28.7 Å². The van der Waals surface area contributed by atoms with Crippen LogP contribution in [0.2, 0.25) is 0 Å². The SMILES string of the molecule is COc1ccc([C@@H](C)NC(=O)/C=C/c2c[nH]c3nccc(-c4cccc(N(C)C)c4)c23)cc1OC. The van der Waals surface area contributed by atoms with Gasteiger partial charge in [-0.3, -0.25) is 4.79 Å². The summed E-state index contributed by atoms with van der Waals surface area (Å²) < 4.78 is 10.7. The van der Waals surface area contributed by atoms with Gasteiger partial charge in [0.05, 0.1) is 20.3 Å². The molecule has 0 saturated carbocycles. The molecular weight excluding hydrogens is 440 g/mol. The minimum Gasteiger partial charge on any atom is -0.493 e. The van der Waals surface area contributed by atoms with Crippen LogP contribution in [-0.2, 0) is 4.79 Å². The molecule has 0 unspecified atom stereocenters. The maximum atomic E-state index is 12.7. The third-order valence-electron chi connectivity index (χ3n) is 5.96. The lowest BCUT2D eigenvalue weighted by Crippen LogP contribution is -2.24. The van der Waals surface area contributed by atoms with Gasteiger partial charge < -0.3 is 24.7 Å². The van der Waals surface area contributed by atoms with Crippen molar-refractivity contribution in [2.75, 3.05) is 33.2 Å². The largest absolute Gasteiger partial charge is 0.493 e. The summed E-state index contributed by atoms with van der Waals surface area (Å²) in [6.07, 6.45) is 7.03. The number of fused-ring (bicyclic) bond motifs is 1. The van der Waals surface area contributed by atoms with E-state index in [9.17, 15) is 4.79 Å². The standard InChI is InChI=1S/C28H30N4O3/c1-18(19-9-11-24(34-4)25(16-19)35-5)31-26(33)12-10-21-17-30-28-27(21)23(13-14-29-28)20-7-6-8-22(15-20)32(2)3/h6-18H,1-5H3,(H,29,30)(H,31,33)/b12-10+/t18-/m1/s1. The number of amides is 1. The minimum absolute atomic E-state index is 0.193. The Hall–Kier alpha value is -4.26. The molecule has 2 aromatic heterocycles. The van der Waals surface area contributed by atoms with Gasteiger partial charge in [-0.05, 0) is 60.0 Å². The van der Waals surface area contributed by atoms with Crippen LogP contribution < -0.4 is 19.7 Å². The van der Waals surface area contributed by atoms with E-state index in [4.69, 9.17) is 9.47 Å². The molecule has 0 fully saturated rings. The van der Waals surface area contributed by atoms with Gasteiger partial charge in [0.2, 0.25) is 5.91 Å². The second-order valence-electron chi connectivity index (χ2n) is 8.45. The molecule has 2 N–H and O–H groups in total. The minimum atomic E-state index is -0.207. The first-order valence-electron chi connectivity index (χ1n) is 11.4. The molecule has 2 heterocycles. The number of carbonyl (C=O) groups is 1. The second kappa shape index (κ2) is 10.3. The molecule has 2 aromatic carbocycles. The molecule has 0 aliphatic heterocycles. The zero-order valence-electron chi connectivity index (χ0n) is 20.6. The Bertz CT molecular complexity index is 1370. The van der Waals surface area contributed by atoms with E-state index in [0.29, 0.717) is 11.5 Å². The molecule has 1 atom stereocenters. The van der Waals surface area contributed by atoms with Crippen LogP contribution in [0.5, 0.6) is 11.5 Å². The maximum Gasteiger partial charge on any atom is 0.244 e. The number of benzene rings is 2. The molecule has 0 radical (unpaired) electrons. The molecule has 0 bridgehead atoms. The van der Waals surface area contributed by atoms with E-state index in [1.807, 2.05) is 63.6 Å². The fourth-order valence-electron chi connectivity index (χ4n) is 4.04. The molecule has 180 valence electrons. The monoisotopic (exact) mass is 470 g/mol. The summed E-state index contributed by atoms with van der Waals surface area (Å²) in [6.45, 7) is 1.93. The van der Waals surface area contributed by atoms with E-state index >= 15 is 0 Å². The lowest BCUT2D eigenvalue weighted by atomic mass is 10.0. The normalized spacial score (nSPS) is 12.0. The average molecular weight is 471 g/mol.